The second-order valence-corrected chi connectivity index (χ2v) is 5.10. The highest BCUT2D eigenvalue weighted by Crippen LogP contribution is 2.29. The molecule has 0 radical (unpaired) electrons. The molecule has 0 heterocycles. The third kappa shape index (κ3) is 4.84. The second-order valence-electron chi connectivity index (χ2n) is 4.31. The van der Waals surface area contributed by atoms with Gasteiger partial charge in [0.15, 0.2) is 0 Å². The molecule has 2 nitrogen and oxygen atoms in total. The fraction of sp³-hybridized carbons (Fsp3) is 0.538. The molecule has 2 atom stereocenters. The molecular weight excluding hydrogens is 257 g/mol. The SMILES string of the molecule is CC(O)CCCNC(C)c1cccc(Cl)c1Cl. The summed E-state index contributed by atoms with van der Waals surface area (Å²) in [5.41, 5.74) is 1.01. The first-order valence-corrected chi connectivity index (χ1v) is 6.63. The van der Waals surface area contributed by atoms with Crippen LogP contribution in [0.15, 0.2) is 18.2 Å². The number of rotatable bonds is 6. The monoisotopic (exact) mass is 275 g/mol. The molecule has 0 aliphatic carbocycles. The Morgan fingerprint density at radius 1 is 1.29 bits per heavy atom. The average molecular weight is 276 g/mol. The van der Waals surface area contributed by atoms with Gasteiger partial charge in [-0.3, -0.25) is 0 Å². The number of benzene rings is 1. The Morgan fingerprint density at radius 3 is 2.65 bits per heavy atom. The highest BCUT2D eigenvalue weighted by Gasteiger charge is 2.10. The molecule has 2 N–H and O–H groups in total. The number of nitrogens with one attached hydrogen (secondary N) is 1. The summed E-state index contributed by atoms with van der Waals surface area (Å²) in [7, 11) is 0. The van der Waals surface area contributed by atoms with Gasteiger partial charge < -0.3 is 10.4 Å². The zero-order chi connectivity index (χ0) is 12.8. The molecule has 4 heteroatoms. The van der Waals surface area contributed by atoms with Gasteiger partial charge in [0.2, 0.25) is 0 Å². The van der Waals surface area contributed by atoms with Crippen molar-refractivity contribution in [1.29, 1.82) is 0 Å². The third-order valence-corrected chi connectivity index (χ3v) is 3.53. The van der Waals surface area contributed by atoms with E-state index in [-0.39, 0.29) is 12.1 Å². The van der Waals surface area contributed by atoms with Crippen LogP contribution in [-0.4, -0.2) is 17.8 Å². The van der Waals surface area contributed by atoms with Gasteiger partial charge in [0.25, 0.3) is 0 Å². The van der Waals surface area contributed by atoms with Crippen molar-refractivity contribution >= 4 is 23.2 Å². The first kappa shape index (κ1) is 14.8. The van der Waals surface area contributed by atoms with Crippen molar-refractivity contribution in [3.8, 4) is 0 Å². The van der Waals surface area contributed by atoms with Crippen LogP contribution < -0.4 is 5.32 Å². The molecule has 0 amide bonds. The standard InChI is InChI=1S/C13H19Cl2NO/c1-9(17)5-4-8-16-10(2)11-6-3-7-12(14)13(11)15/h3,6-7,9-10,16-17H,4-5,8H2,1-2H3. The topological polar surface area (TPSA) is 32.3 Å². The summed E-state index contributed by atoms with van der Waals surface area (Å²) in [5, 5.41) is 13.7. The molecule has 0 spiro atoms. The summed E-state index contributed by atoms with van der Waals surface area (Å²) in [6, 6.07) is 5.82. The lowest BCUT2D eigenvalue weighted by molar-refractivity contribution is 0.181. The first-order chi connectivity index (χ1) is 8.02. The predicted molar refractivity (Wildman–Crippen MR) is 73.8 cm³/mol. The quantitative estimate of drug-likeness (QED) is 0.774. The van der Waals surface area contributed by atoms with Crippen LogP contribution in [0.3, 0.4) is 0 Å². The maximum atomic E-state index is 9.15. The zero-order valence-corrected chi connectivity index (χ0v) is 11.7. The van der Waals surface area contributed by atoms with Crippen LogP contribution in [0, 0.1) is 0 Å². The van der Waals surface area contributed by atoms with E-state index >= 15 is 0 Å². The lowest BCUT2D eigenvalue weighted by Gasteiger charge is -2.16. The molecule has 1 aromatic rings. The van der Waals surface area contributed by atoms with Crippen LogP contribution in [0.5, 0.6) is 0 Å². The Kier molecular flexibility index (Phi) is 6.28. The molecule has 17 heavy (non-hydrogen) atoms. The van der Waals surface area contributed by atoms with Gasteiger partial charge >= 0.3 is 0 Å². The zero-order valence-electron chi connectivity index (χ0n) is 10.2. The van der Waals surface area contributed by atoms with Crippen molar-refractivity contribution in [3.05, 3.63) is 33.8 Å². The van der Waals surface area contributed by atoms with Gasteiger partial charge in [-0.1, -0.05) is 35.3 Å². The van der Waals surface area contributed by atoms with E-state index < -0.39 is 0 Å². The van der Waals surface area contributed by atoms with Gasteiger partial charge in [-0.25, -0.2) is 0 Å². The molecule has 96 valence electrons. The van der Waals surface area contributed by atoms with Crippen molar-refractivity contribution in [1.82, 2.24) is 5.32 Å². The number of halogens is 2. The highest BCUT2D eigenvalue weighted by molar-refractivity contribution is 6.42. The van der Waals surface area contributed by atoms with Crippen molar-refractivity contribution < 1.29 is 5.11 Å². The molecule has 0 aliphatic heterocycles. The Labute approximate surface area is 113 Å². The molecule has 1 aromatic carbocycles. The minimum Gasteiger partial charge on any atom is -0.393 e. The second kappa shape index (κ2) is 7.22. The molecule has 2 unspecified atom stereocenters. The van der Waals surface area contributed by atoms with Crippen molar-refractivity contribution in [3.63, 3.8) is 0 Å². The summed E-state index contributed by atoms with van der Waals surface area (Å²) < 4.78 is 0. The Morgan fingerprint density at radius 2 is 2.00 bits per heavy atom. The summed E-state index contributed by atoms with van der Waals surface area (Å²) in [6.07, 6.45) is 1.52. The largest absolute Gasteiger partial charge is 0.393 e. The normalized spacial score (nSPS) is 14.6. The van der Waals surface area contributed by atoms with Gasteiger partial charge in [0.1, 0.15) is 0 Å². The van der Waals surface area contributed by atoms with Gasteiger partial charge in [-0.2, -0.15) is 0 Å². The van der Waals surface area contributed by atoms with Crippen LogP contribution >= 0.6 is 23.2 Å². The van der Waals surface area contributed by atoms with E-state index in [0.717, 1.165) is 24.9 Å². The minimum atomic E-state index is -0.234. The summed E-state index contributed by atoms with van der Waals surface area (Å²) in [5.74, 6) is 0. The Balaban J connectivity index is 2.47. The van der Waals surface area contributed by atoms with Crippen molar-refractivity contribution in [2.24, 2.45) is 0 Å². The molecule has 0 bridgehead atoms. The highest BCUT2D eigenvalue weighted by atomic mass is 35.5. The lowest BCUT2D eigenvalue weighted by Crippen LogP contribution is -2.21. The number of hydrogen-bond acceptors (Lipinski definition) is 2. The van der Waals surface area contributed by atoms with Gasteiger partial charge in [-0.15, -0.1) is 0 Å². The van der Waals surface area contributed by atoms with Crippen molar-refractivity contribution in [2.75, 3.05) is 6.54 Å². The fourth-order valence-corrected chi connectivity index (χ4v) is 2.15. The average Bonchev–Trinajstić information content (AvgIpc) is 2.27. The maximum Gasteiger partial charge on any atom is 0.0639 e. The molecule has 0 saturated carbocycles. The van der Waals surface area contributed by atoms with E-state index in [4.69, 9.17) is 28.3 Å². The minimum absolute atomic E-state index is 0.162. The Hall–Kier alpha value is -0.280. The lowest BCUT2D eigenvalue weighted by atomic mass is 10.1. The van der Waals surface area contributed by atoms with Crippen molar-refractivity contribution in [2.45, 2.75) is 38.8 Å². The molecule has 0 aliphatic rings. The van der Waals surface area contributed by atoms with E-state index in [2.05, 4.69) is 12.2 Å². The maximum absolute atomic E-state index is 9.15. The van der Waals surface area contributed by atoms with Gasteiger partial charge in [0, 0.05) is 6.04 Å². The van der Waals surface area contributed by atoms with Crippen LogP contribution in [0.4, 0.5) is 0 Å². The van der Waals surface area contributed by atoms with E-state index in [1.165, 1.54) is 0 Å². The number of aliphatic hydroxyl groups excluding tert-OH is 1. The summed E-state index contributed by atoms with van der Waals surface area (Å²) >= 11 is 12.1. The summed E-state index contributed by atoms with van der Waals surface area (Å²) in [6.45, 7) is 4.71. The molecule has 0 saturated heterocycles. The van der Waals surface area contributed by atoms with E-state index in [9.17, 15) is 0 Å². The number of aliphatic hydroxyl groups is 1. The summed E-state index contributed by atoms with van der Waals surface area (Å²) in [4.78, 5) is 0. The molecule has 0 fully saturated rings. The van der Waals surface area contributed by atoms with Gasteiger partial charge in [-0.05, 0) is 44.9 Å². The number of hydrogen-bond donors (Lipinski definition) is 2. The fourth-order valence-electron chi connectivity index (χ4n) is 1.68. The predicted octanol–water partition coefficient (Wildman–Crippen LogP) is 3.81. The molecule has 0 aromatic heterocycles. The van der Waals surface area contributed by atoms with Crippen LogP contribution in [0.2, 0.25) is 10.0 Å². The molecule has 1 rings (SSSR count). The molecular formula is C13H19Cl2NO. The third-order valence-electron chi connectivity index (χ3n) is 2.70. The van der Waals surface area contributed by atoms with Crippen LogP contribution in [-0.2, 0) is 0 Å². The van der Waals surface area contributed by atoms with Crippen LogP contribution in [0.1, 0.15) is 38.3 Å². The smallest absolute Gasteiger partial charge is 0.0639 e. The van der Waals surface area contributed by atoms with Gasteiger partial charge in [0.05, 0.1) is 16.1 Å². The van der Waals surface area contributed by atoms with E-state index in [0.29, 0.717) is 10.0 Å². The Bertz CT molecular complexity index is 355. The van der Waals surface area contributed by atoms with Crippen LogP contribution in [0.25, 0.3) is 0 Å². The first-order valence-electron chi connectivity index (χ1n) is 5.87. The van der Waals surface area contributed by atoms with E-state index in [1.807, 2.05) is 12.1 Å². The van der Waals surface area contributed by atoms with E-state index in [1.54, 1.807) is 13.0 Å².